The molecule has 0 bridgehead atoms. The third-order valence-electron chi connectivity index (χ3n) is 3.78. The lowest BCUT2D eigenvalue weighted by atomic mass is 9.81. The molecule has 0 saturated heterocycles. The fourth-order valence-electron chi connectivity index (χ4n) is 2.66. The van der Waals surface area contributed by atoms with Crippen LogP contribution < -0.4 is 5.73 Å². The Labute approximate surface area is 124 Å². The van der Waals surface area contributed by atoms with Gasteiger partial charge in [0.1, 0.15) is 5.54 Å². The highest BCUT2D eigenvalue weighted by Gasteiger charge is 2.38. The molecule has 0 heterocycles. The number of rotatable bonds is 4. The second kappa shape index (κ2) is 6.42. The van der Waals surface area contributed by atoms with Gasteiger partial charge in [0.2, 0.25) is 0 Å². The Balaban J connectivity index is 2.34. The van der Waals surface area contributed by atoms with Crippen LogP contribution in [0.1, 0.15) is 37.7 Å². The van der Waals surface area contributed by atoms with Gasteiger partial charge in [0, 0.05) is 11.4 Å². The molecule has 108 valence electrons. The first-order chi connectivity index (χ1) is 9.56. The fraction of sp³-hybridized carbons (Fsp3) is 0.438. The number of hydrogen-bond donors (Lipinski definition) is 1. The maximum atomic E-state index is 12.2. The summed E-state index contributed by atoms with van der Waals surface area (Å²) in [4.78, 5) is 12.2. The standard InChI is InChI=1S/C16H20ClNO2/c1-20-15(19)16(18,11-12-6-3-2-4-7-12)13-8-5-9-14(17)10-13/h5-6,8-10H,2-4,7,11,18H2,1H3. The first-order valence-electron chi connectivity index (χ1n) is 6.87. The predicted octanol–water partition coefficient (Wildman–Crippen LogP) is 3.56. The summed E-state index contributed by atoms with van der Waals surface area (Å²) in [5, 5.41) is 0.568. The number of carbonyl (C=O) groups excluding carboxylic acids is 1. The van der Waals surface area contributed by atoms with Crippen molar-refractivity contribution < 1.29 is 9.53 Å². The van der Waals surface area contributed by atoms with Crippen molar-refractivity contribution in [3.05, 3.63) is 46.5 Å². The molecule has 1 aromatic carbocycles. The Bertz CT molecular complexity index is 527. The molecule has 1 unspecified atom stereocenters. The Hall–Kier alpha value is -1.32. The Morgan fingerprint density at radius 3 is 2.85 bits per heavy atom. The molecule has 0 aliphatic heterocycles. The van der Waals surface area contributed by atoms with E-state index in [1.807, 2.05) is 6.07 Å². The molecule has 0 amide bonds. The van der Waals surface area contributed by atoms with Gasteiger partial charge in [0.15, 0.2) is 0 Å². The average Bonchev–Trinajstić information content (AvgIpc) is 2.47. The number of hydrogen-bond acceptors (Lipinski definition) is 3. The summed E-state index contributed by atoms with van der Waals surface area (Å²) in [5.41, 5.74) is 7.16. The van der Waals surface area contributed by atoms with Gasteiger partial charge in [-0.3, -0.25) is 0 Å². The van der Waals surface area contributed by atoms with Crippen molar-refractivity contribution in [3.63, 3.8) is 0 Å². The smallest absolute Gasteiger partial charge is 0.330 e. The first-order valence-corrected chi connectivity index (χ1v) is 7.25. The zero-order valence-corrected chi connectivity index (χ0v) is 12.5. The summed E-state index contributed by atoms with van der Waals surface area (Å²) in [6.45, 7) is 0. The number of benzene rings is 1. The van der Waals surface area contributed by atoms with Gasteiger partial charge in [-0.05, 0) is 43.4 Å². The molecule has 1 aliphatic rings. The van der Waals surface area contributed by atoms with E-state index in [9.17, 15) is 4.79 Å². The summed E-state index contributed by atoms with van der Waals surface area (Å²) in [6, 6.07) is 7.13. The number of carbonyl (C=O) groups is 1. The van der Waals surface area contributed by atoms with Crippen molar-refractivity contribution >= 4 is 17.6 Å². The molecule has 20 heavy (non-hydrogen) atoms. The zero-order valence-electron chi connectivity index (χ0n) is 11.7. The minimum absolute atomic E-state index is 0.425. The van der Waals surface area contributed by atoms with E-state index in [1.165, 1.54) is 19.1 Å². The van der Waals surface area contributed by atoms with E-state index >= 15 is 0 Å². The van der Waals surface area contributed by atoms with Crippen LogP contribution in [0.4, 0.5) is 0 Å². The van der Waals surface area contributed by atoms with E-state index in [0.29, 0.717) is 17.0 Å². The van der Waals surface area contributed by atoms with Crippen molar-refractivity contribution in [3.8, 4) is 0 Å². The van der Waals surface area contributed by atoms with E-state index in [2.05, 4.69) is 6.08 Å². The van der Waals surface area contributed by atoms with E-state index in [1.54, 1.807) is 18.2 Å². The molecule has 0 aromatic heterocycles. The van der Waals surface area contributed by atoms with Gasteiger partial charge in [-0.25, -0.2) is 4.79 Å². The van der Waals surface area contributed by atoms with Gasteiger partial charge in [-0.15, -0.1) is 0 Å². The maximum Gasteiger partial charge on any atom is 0.330 e. The minimum atomic E-state index is -1.16. The molecule has 2 rings (SSSR count). The van der Waals surface area contributed by atoms with Gasteiger partial charge >= 0.3 is 5.97 Å². The second-order valence-corrected chi connectivity index (χ2v) is 5.69. The summed E-state index contributed by atoms with van der Waals surface area (Å²) >= 11 is 6.02. The summed E-state index contributed by atoms with van der Waals surface area (Å²) in [6.07, 6.45) is 7.09. The number of halogens is 1. The van der Waals surface area contributed by atoms with Crippen LogP contribution in [0, 0.1) is 0 Å². The molecular weight excluding hydrogens is 274 g/mol. The van der Waals surface area contributed by atoms with Crippen LogP contribution in [0.2, 0.25) is 5.02 Å². The predicted molar refractivity (Wildman–Crippen MR) is 80.5 cm³/mol. The number of allylic oxidation sites excluding steroid dienone is 1. The van der Waals surface area contributed by atoms with Crippen LogP contribution >= 0.6 is 11.6 Å². The molecule has 0 saturated carbocycles. The lowest BCUT2D eigenvalue weighted by Crippen LogP contribution is -2.46. The Morgan fingerprint density at radius 2 is 2.25 bits per heavy atom. The fourth-order valence-corrected chi connectivity index (χ4v) is 2.85. The van der Waals surface area contributed by atoms with Crippen molar-refractivity contribution in [2.45, 2.75) is 37.6 Å². The van der Waals surface area contributed by atoms with Crippen LogP contribution in [-0.4, -0.2) is 13.1 Å². The molecule has 0 fully saturated rings. The van der Waals surface area contributed by atoms with Crippen LogP contribution in [0.25, 0.3) is 0 Å². The number of nitrogens with two attached hydrogens (primary N) is 1. The molecule has 1 aliphatic carbocycles. The van der Waals surface area contributed by atoms with Crippen molar-refractivity contribution in [2.24, 2.45) is 5.73 Å². The summed E-state index contributed by atoms with van der Waals surface area (Å²) in [7, 11) is 1.36. The zero-order chi connectivity index (χ0) is 14.6. The van der Waals surface area contributed by atoms with Crippen LogP contribution in [0.15, 0.2) is 35.9 Å². The van der Waals surface area contributed by atoms with Gasteiger partial charge in [0.05, 0.1) is 7.11 Å². The Morgan fingerprint density at radius 1 is 1.45 bits per heavy atom. The van der Waals surface area contributed by atoms with E-state index in [4.69, 9.17) is 22.1 Å². The van der Waals surface area contributed by atoms with Gasteiger partial charge < -0.3 is 10.5 Å². The molecule has 1 aromatic rings. The van der Waals surface area contributed by atoms with E-state index < -0.39 is 11.5 Å². The van der Waals surface area contributed by atoms with Gasteiger partial charge in [0.25, 0.3) is 0 Å². The van der Waals surface area contributed by atoms with Crippen LogP contribution in [0.3, 0.4) is 0 Å². The molecule has 3 nitrogen and oxygen atoms in total. The summed E-state index contributed by atoms with van der Waals surface area (Å²) in [5.74, 6) is -0.425. The van der Waals surface area contributed by atoms with Gasteiger partial charge in [-0.1, -0.05) is 35.4 Å². The lowest BCUT2D eigenvalue weighted by molar-refractivity contribution is -0.147. The number of esters is 1. The maximum absolute atomic E-state index is 12.2. The molecule has 2 N–H and O–H groups in total. The summed E-state index contributed by atoms with van der Waals surface area (Å²) < 4.78 is 4.92. The SMILES string of the molecule is COC(=O)C(N)(CC1=CCCCC1)c1cccc(Cl)c1. The second-order valence-electron chi connectivity index (χ2n) is 5.26. The van der Waals surface area contributed by atoms with Crippen LogP contribution in [0.5, 0.6) is 0 Å². The highest BCUT2D eigenvalue weighted by Crippen LogP contribution is 2.32. The van der Waals surface area contributed by atoms with E-state index in [-0.39, 0.29) is 0 Å². The third kappa shape index (κ3) is 3.22. The highest BCUT2D eigenvalue weighted by molar-refractivity contribution is 6.30. The van der Waals surface area contributed by atoms with Gasteiger partial charge in [-0.2, -0.15) is 0 Å². The lowest BCUT2D eigenvalue weighted by Gasteiger charge is -2.29. The normalized spacial score (nSPS) is 18.1. The largest absolute Gasteiger partial charge is 0.467 e. The van der Waals surface area contributed by atoms with Crippen molar-refractivity contribution in [1.82, 2.24) is 0 Å². The third-order valence-corrected chi connectivity index (χ3v) is 4.02. The molecule has 4 heteroatoms. The highest BCUT2D eigenvalue weighted by atomic mass is 35.5. The number of ether oxygens (including phenoxy) is 1. The molecule has 0 radical (unpaired) electrons. The topological polar surface area (TPSA) is 52.3 Å². The number of methoxy groups -OCH3 is 1. The van der Waals surface area contributed by atoms with Crippen LogP contribution in [-0.2, 0) is 15.1 Å². The average molecular weight is 294 g/mol. The Kier molecular flexibility index (Phi) is 4.84. The van der Waals surface area contributed by atoms with Crippen molar-refractivity contribution in [2.75, 3.05) is 7.11 Å². The molecular formula is C16H20ClNO2. The first kappa shape index (κ1) is 15.1. The van der Waals surface area contributed by atoms with E-state index in [0.717, 1.165) is 19.3 Å². The minimum Gasteiger partial charge on any atom is -0.467 e. The monoisotopic (exact) mass is 293 g/mol. The molecule has 1 atom stereocenters. The molecule has 0 spiro atoms. The van der Waals surface area contributed by atoms with Crippen molar-refractivity contribution in [1.29, 1.82) is 0 Å². The quantitative estimate of drug-likeness (QED) is 0.682.